The zero-order valence-corrected chi connectivity index (χ0v) is 14.5. The van der Waals surface area contributed by atoms with E-state index in [1.165, 1.54) is 20.9 Å². The number of thiophene rings is 1. The van der Waals surface area contributed by atoms with Crippen molar-refractivity contribution in [3.8, 4) is 0 Å². The minimum Gasteiger partial charge on any atom is -0.327 e. The molecule has 1 nitrogen and oxygen atoms in total. The summed E-state index contributed by atoms with van der Waals surface area (Å²) in [4.78, 5) is 2.64. The van der Waals surface area contributed by atoms with Crippen LogP contribution >= 0.6 is 39.0 Å². The summed E-state index contributed by atoms with van der Waals surface area (Å²) in [7, 11) is 0. The van der Waals surface area contributed by atoms with Crippen LogP contribution in [-0.2, 0) is 0 Å². The molecule has 0 saturated carbocycles. The predicted octanol–water partition coefficient (Wildman–Crippen LogP) is 5.31. The summed E-state index contributed by atoms with van der Waals surface area (Å²) in [6, 6.07) is 11.0. The Morgan fingerprint density at radius 1 is 1.21 bits per heavy atom. The number of rotatable bonds is 4. The van der Waals surface area contributed by atoms with Crippen molar-refractivity contribution < 1.29 is 0 Å². The van der Waals surface area contributed by atoms with Crippen molar-refractivity contribution >= 4 is 39.0 Å². The number of thioether (sulfide) groups is 1. The summed E-state index contributed by atoms with van der Waals surface area (Å²) in [5.41, 5.74) is 8.81. The summed E-state index contributed by atoms with van der Waals surface area (Å²) < 4.78 is 1.16. The van der Waals surface area contributed by atoms with Crippen molar-refractivity contribution in [1.82, 2.24) is 0 Å². The first-order valence-electron chi connectivity index (χ1n) is 6.22. The van der Waals surface area contributed by atoms with Crippen molar-refractivity contribution in [2.75, 3.05) is 0 Å². The first kappa shape index (κ1) is 15.1. The lowest BCUT2D eigenvalue weighted by Gasteiger charge is -2.20. The molecule has 2 aromatic rings. The molecular weight excluding hydrogens is 338 g/mol. The van der Waals surface area contributed by atoms with Gasteiger partial charge in [-0.2, -0.15) is 0 Å². The Balaban J connectivity index is 2.26. The fourth-order valence-corrected chi connectivity index (χ4v) is 4.86. The van der Waals surface area contributed by atoms with E-state index < -0.39 is 0 Å². The second kappa shape index (κ2) is 6.44. The lowest BCUT2D eigenvalue weighted by molar-refractivity contribution is 0.730. The molecule has 0 saturated heterocycles. The minimum atomic E-state index is 0.122. The van der Waals surface area contributed by atoms with E-state index in [-0.39, 0.29) is 6.04 Å². The molecule has 0 bridgehead atoms. The molecule has 0 aliphatic heterocycles. The monoisotopic (exact) mass is 355 g/mol. The zero-order chi connectivity index (χ0) is 14.0. The highest BCUT2D eigenvalue weighted by Gasteiger charge is 2.20. The number of aryl methyl sites for hydroxylation is 2. The maximum absolute atomic E-state index is 6.18. The van der Waals surface area contributed by atoms with E-state index in [2.05, 4.69) is 67.0 Å². The van der Waals surface area contributed by atoms with Gasteiger partial charge < -0.3 is 5.73 Å². The molecule has 0 amide bonds. The first-order valence-corrected chi connectivity index (χ1v) is 8.71. The van der Waals surface area contributed by atoms with Crippen LogP contribution in [0.25, 0.3) is 0 Å². The highest BCUT2D eigenvalue weighted by atomic mass is 79.9. The van der Waals surface area contributed by atoms with Crippen molar-refractivity contribution in [2.24, 2.45) is 5.73 Å². The fourth-order valence-electron chi connectivity index (χ4n) is 1.97. The summed E-state index contributed by atoms with van der Waals surface area (Å²) in [6.07, 6.45) is 0. The molecule has 0 spiro atoms. The molecule has 102 valence electrons. The fraction of sp³-hybridized carbons (Fsp3) is 0.333. The molecule has 0 aliphatic rings. The molecule has 1 aromatic heterocycles. The van der Waals surface area contributed by atoms with Gasteiger partial charge in [-0.3, -0.25) is 0 Å². The molecule has 2 unspecified atom stereocenters. The lowest BCUT2D eigenvalue weighted by Crippen LogP contribution is -2.21. The molecule has 0 radical (unpaired) electrons. The van der Waals surface area contributed by atoms with Crippen LogP contribution < -0.4 is 5.73 Å². The van der Waals surface area contributed by atoms with Gasteiger partial charge in [-0.25, -0.2) is 0 Å². The second-order valence-electron chi connectivity index (χ2n) is 4.81. The molecule has 1 heterocycles. The Morgan fingerprint density at radius 3 is 2.47 bits per heavy atom. The Bertz CT molecular complexity index is 563. The van der Waals surface area contributed by atoms with Crippen molar-refractivity contribution in [3.63, 3.8) is 0 Å². The van der Waals surface area contributed by atoms with Gasteiger partial charge in [0.25, 0.3) is 0 Å². The van der Waals surface area contributed by atoms with Crippen molar-refractivity contribution in [1.29, 1.82) is 0 Å². The van der Waals surface area contributed by atoms with Gasteiger partial charge in [0.2, 0.25) is 0 Å². The topological polar surface area (TPSA) is 26.0 Å². The highest BCUT2D eigenvalue weighted by molar-refractivity contribution is 9.11. The van der Waals surface area contributed by atoms with Crippen LogP contribution in [0.15, 0.2) is 39.0 Å². The SMILES string of the molecule is Cc1ccc(SC(c2ccc(Br)s2)C(C)N)c(C)c1. The zero-order valence-electron chi connectivity index (χ0n) is 11.3. The third-order valence-corrected chi connectivity index (χ3v) is 6.44. The Kier molecular flexibility index (Phi) is 5.12. The van der Waals surface area contributed by atoms with E-state index in [9.17, 15) is 0 Å². The van der Waals surface area contributed by atoms with Gasteiger partial charge in [-0.15, -0.1) is 23.1 Å². The number of halogens is 1. The third kappa shape index (κ3) is 3.85. The Labute approximate surface area is 131 Å². The molecule has 2 atom stereocenters. The molecule has 2 N–H and O–H groups in total. The van der Waals surface area contributed by atoms with Gasteiger partial charge in [-0.05, 0) is 60.5 Å². The summed E-state index contributed by atoms with van der Waals surface area (Å²) in [6.45, 7) is 6.37. The lowest BCUT2D eigenvalue weighted by atomic mass is 10.2. The smallest absolute Gasteiger partial charge is 0.0701 e. The Morgan fingerprint density at radius 2 is 1.95 bits per heavy atom. The van der Waals surface area contributed by atoms with Crippen LogP contribution in [-0.4, -0.2) is 6.04 Å². The molecule has 2 rings (SSSR count). The normalized spacial score (nSPS) is 14.4. The number of hydrogen-bond donors (Lipinski definition) is 1. The predicted molar refractivity (Wildman–Crippen MR) is 90.2 cm³/mol. The van der Waals surface area contributed by atoms with Gasteiger partial charge in [0.15, 0.2) is 0 Å². The average Bonchev–Trinajstić information content (AvgIpc) is 2.74. The average molecular weight is 356 g/mol. The van der Waals surface area contributed by atoms with E-state index in [1.807, 2.05) is 11.8 Å². The standard InChI is InChI=1S/C15H18BrNS2/c1-9-4-5-12(10(2)8-9)19-15(11(3)17)13-6-7-14(16)18-13/h4-8,11,15H,17H2,1-3H3. The minimum absolute atomic E-state index is 0.122. The van der Waals surface area contributed by atoms with Crippen molar-refractivity contribution in [2.45, 2.75) is 37.0 Å². The van der Waals surface area contributed by atoms with Crippen LogP contribution in [0.3, 0.4) is 0 Å². The third-order valence-electron chi connectivity index (χ3n) is 2.94. The molecule has 0 aliphatic carbocycles. The van der Waals surface area contributed by atoms with Gasteiger partial charge >= 0.3 is 0 Å². The van der Waals surface area contributed by atoms with Crippen molar-refractivity contribution in [3.05, 3.63) is 50.1 Å². The first-order chi connectivity index (χ1) is 8.97. The molecule has 4 heteroatoms. The second-order valence-corrected chi connectivity index (χ2v) is 8.49. The van der Waals surface area contributed by atoms with Crippen LogP contribution in [0.2, 0.25) is 0 Å². The van der Waals surface area contributed by atoms with Crippen LogP contribution in [0.1, 0.15) is 28.2 Å². The molecule has 0 fully saturated rings. The van der Waals surface area contributed by atoms with Gasteiger partial charge in [0.1, 0.15) is 0 Å². The van der Waals surface area contributed by atoms with Gasteiger partial charge in [0.05, 0.1) is 9.04 Å². The van der Waals surface area contributed by atoms with E-state index in [0.717, 1.165) is 3.79 Å². The van der Waals surface area contributed by atoms with Crippen LogP contribution in [0, 0.1) is 13.8 Å². The Hall–Kier alpha value is -0.290. The number of nitrogens with two attached hydrogens (primary N) is 1. The maximum Gasteiger partial charge on any atom is 0.0701 e. The summed E-state index contributed by atoms with van der Waals surface area (Å²) in [5, 5.41) is 0.303. The van der Waals surface area contributed by atoms with Gasteiger partial charge in [0, 0.05) is 15.8 Å². The van der Waals surface area contributed by atoms with Crippen LogP contribution in [0.5, 0.6) is 0 Å². The molecular formula is C15H18BrNS2. The van der Waals surface area contributed by atoms with E-state index in [1.54, 1.807) is 11.3 Å². The van der Waals surface area contributed by atoms with E-state index >= 15 is 0 Å². The van der Waals surface area contributed by atoms with E-state index in [0.29, 0.717) is 5.25 Å². The van der Waals surface area contributed by atoms with Crippen LogP contribution in [0.4, 0.5) is 0 Å². The summed E-state index contributed by atoms with van der Waals surface area (Å²) in [5.74, 6) is 0. The quantitative estimate of drug-likeness (QED) is 0.752. The van der Waals surface area contributed by atoms with E-state index in [4.69, 9.17) is 5.73 Å². The molecule has 19 heavy (non-hydrogen) atoms. The van der Waals surface area contributed by atoms with Gasteiger partial charge in [-0.1, -0.05) is 17.7 Å². The number of benzene rings is 1. The highest BCUT2D eigenvalue weighted by Crippen LogP contribution is 2.42. The maximum atomic E-state index is 6.18. The number of hydrogen-bond acceptors (Lipinski definition) is 3. The molecule has 1 aromatic carbocycles. The largest absolute Gasteiger partial charge is 0.327 e. The summed E-state index contributed by atoms with van der Waals surface area (Å²) >= 11 is 7.16.